The van der Waals surface area contributed by atoms with E-state index in [1.54, 1.807) is 24.3 Å². The number of esters is 2. The van der Waals surface area contributed by atoms with E-state index in [1.165, 1.54) is 19.3 Å². The zero-order valence-electron chi connectivity index (χ0n) is 15.0. The predicted octanol–water partition coefficient (Wildman–Crippen LogP) is 1.82. The monoisotopic (exact) mass is 358 g/mol. The normalized spacial score (nSPS) is 12.7. The molecule has 0 bridgehead atoms. The van der Waals surface area contributed by atoms with Gasteiger partial charge in [0.1, 0.15) is 6.04 Å². The van der Waals surface area contributed by atoms with Crippen molar-refractivity contribution < 1.29 is 23.9 Å². The number of nitrogens with one attached hydrogen (secondary N) is 1. The van der Waals surface area contributed by atoms with Crippen molar-refractivity contribution in [2.45, 2.75) is 26.3 Å². The highest BCUT2D eigenvalue weighted by Crippen LogP contribution is 2.09. The van der Waals surface area contributed by atoms with Crippen molar-refractivity contribution in [3.8, 4) is 6.07 Å². The van der Waals surface area contributed by atoms with E-state index in [9.17, 15) is 14.4 Å². The molecular weight excluding hydrogens is 336 g/mol. The van der Waals surface area contributed by atoms with Crippen molar-refractivity contribution in [3.63, 3.8) is 0 Å². The van der Waals surface area contributed by atoms with E-state index in [2.05, 4.69) is 10.1 Å². The summed E-state index contributed by atoms with van der Waals surface area (Å²) >= 11 is 0. The van der Waals surface area contributed by atoms with Crippen molar-refractivity contribution in [2.75, 3.05) is 13.7 Å². The highest BCUT2D eigenvalue weighted by molar-refractivity contribution is 5.90. The van der Waals surface area contributed by atoms with Gasteiger partial charge in [0.15, 0.2) is 6.61 Å². The maximum absolute atomic E-state index is 11.9. The molecule has 0 saturated heterocycles. The fourth-order valence-corrected chi connectivity index (χ4v) is 2.03. The third kappa shape index (κ3) is 6.77. The van der Waals surface area contributed by atoms with Crippen LogP contribution in [-0.4, -0.2) is 37.6 Å². The Kier molecular flexibility index (Phi) is 8.58. The molecule has 1 amide bonds. The van der Waals surface area contributed by atoms with Crippen LogP contribution in [0.5, 0.6) is 0 Å². The molecule has 138 valence electrons. The Hall–Kier alpha value is -3.14. The minimum Gasteiger partial charge on any atom is -0.467 e. The van der Waals surface area contributed by atoms with Gasteiger partial charge >= 0.3 is 11.9 Å². The summed E-state index contributed by atoms with van der Waals surface area (Å²) in [6.45, 7) is 3.20. The number of ether oxygens (including phenoxy) is 2. The molecule has 0 saturated carbocycles. The summed E-state index contributed by atoms with van der Waals surface area (Å²) in [5.41, 5.74) is 1.23. The molecule has 0 radical (unpaired) electrons. The average Bonchev–Trinajstić information content (AvgIpc) is 2.67. The molecule has 1 N–H and O–H groups in total. The molecule has 0 unspecified atom stereocenters. The van der Waals surface area contributed by atoms with Gasteiger partial charge in [-0.1, -0.05) is 32.4 Å². The van der Waals surface area contributed by atoms with Crippen LogP contribution >= 0.6 is 0 Å². The molecule has 1 aromatic carbocycles. The van der Waals surface area contributed by atoms with Crippen molar-refractivity contribution in [1.29, 1.82) is 5.26 Å². The van der Waals surface area contributed by atoms with Crippen molar-refractivity contribution in [1.82, 2.24) is 5.32 Å². The van der Waals surface area contributed by atoms with Gasteiger partial charge < -0.3 is 14.8 Å². The summed E-state index contributed by atoms with van der Waals surface area (Å²) in [5.74, 6) is -1.93. The summed E-state index contributed by atoms with van der Waals surface area (Å²) in [7, 11) is 1.25. The molecular formula is C19H22N2O5. The van der Waals surface area contributed by atoms with E-state index in [-0.39, 0.29) is 5.92 Å². The van der Waals surface area contributed by atoms with Gasteiger partial charge in [0.2, 0.25) is 0 Å². The molecule has 26 heavy (non-hydrogen) atoms. The van der Waals surface area contributed by atoms with Gasteiger partial charge in [0.05, 0.1) is 18.7 Å². The number of rotatable bonds is 8. The van der Waals surface area contributed by atoms with Crippen LogP contribution < -0.4 is 5.32 Å². The zero-order chi connectivity index (χ0) is 19.5. The lowest BCUT2D eigenvalue weighted by Gasteiger charge is -2.21. The number of carbonyl (C=O) groups is 3. The Morgan fingerprint density at radius 3 is 2.46 bits per heavy atom. The first-order chi connectivity index (χ1) is 12.4. The molecule has 0 aliphatic heterocycles. The van der Waals surface area contributed by atoms with Crippen molar-refractivity contribution in [2.24, 2.45) is 5.92 Å². The Morgan fingerprint density at radius 2 is 1.92 bits per heavy atom. The number of nitrogens with zero attached hydrogens (tertiary/aromatic N) is 1. The molecule has 0 fully saturated rings. The maximum atomic E-state index is 11.9. The standard InChI is InChI=1S/C19H22N2O5/c1-4-13(2)18(19(24)25-3)21-16(22)12-26-17(23)10-9-14-5-7-15(11-20)8-6-14/h5-10,13,18H,4,12H2,1-3H3,(H,21,22)/b10-9+/t13-,18+/m1/s1. The highest BCUT2D eigenvalue weighted by atomic mass is 16.5. The average molecular weight is 358 g/mol. The zero-order valence-corrected chi connectivity index (χ0v) is 15.0. The van der Waals surface area contributed by atoms with E-state index >= 15 is 0 Å². The lowest BCUT2D eigenvalue weighted by atomic mass is 9.99. The molecule has 7 nitrogen and oxygen atoms in total. The fourth-order valence-electron chi connectivity index (χ4n) is 2.03. The van der Waals surface area contributed by atoms with Gasteiger partial charge in [-0.15, -0.1) is 0 Å². The van der Waals surface area contributed by atoms with E-state index < -0.39 is 30.5 Å². The summed E-state index contributed by atoms with van der Waals surface area (Å²) in [4.78, 5) is 35.3. The maximum Gasteiger partial charge on any atom is 0.331 e. The highest BCUT2D eigenvalue weighted by Gasteiger charge is 2.26. The largest absolute Gasteiger partial charge is 0.467 e. The third-order valence-corrected chi connectivity index (χ3v) is 3.78. The number of amides is 1. The molecule has 0 aliphatic rings. The fraction of sp³-hybridized carbons (Fsp3) is 0.368. The van der Waals surface area contributed by atoms with Crippen molar-refractivity contribution in [3.05, 3.63) is 41.5 Å². The van der Waals surface area contributed by atoms with E-state index in [4.69, 9.17) is 10.00 Å². The first kappa shape index (κ1) is 20.9. The quantitative estimate of drug-likeness (QED) is 0.561. The lowest BCUT2D eigenvalue weighted by molar-refractivity contribution is -0.148. The number of hydrogen-bond acceptors (Lipinski definition) is 6. The molecule has 0 heterocycles. The minimum absolute atomic E-state index is 0.113. The van der Waals surface area contributed by atoms with Crippen LogP contribution in [0.15, 0.2) is 30.3 Å². The van der Waals surface area contributed by atoms with Crippen LogP contribution in [0.4, 0.5) is 0 Å². The molecule has 7 heteroatoms. The Bertz CT molecular complexity index is 704. The van der Waals surface area contributed by atoms with E-state index in [1.807, 2.05) is 19.9 Å². The second-order valence-electron chi connectivity index (χ2n) is 5.63. The number of methoxy groups -OCH3 is 1. The summed E-state index contributed by atoms with van der Waals surface area (Å²) in [5, 5.41) is 11.2. The second kappa shape index (κ2) is 10.7. The second-order valence-corrected chi connectivity index (χ2v) is 5.63. The van der Waals surface area contributed by atoms with E-state index in [0.717, 1.165) is 0 Å². The van der Waals surface area contributed by atoms with Crippen LogP contribution in [0.1, 0.15) is 31.4 Å². The van der Waals surface area contributed by atoms with E-state index in [0.29, 0.717) is 17.5 Å². The number of benzene rings is 1. The van der Waals surface area contributed by atoms with Crippen LogP contribution in [-0.2, 0) is 23.9 Å². The van der Waals surface area contributed by atoms with Gasteiger partial charge in [0.25, 0.3) is 5.91 Å². The summed E-state index contributed by atoms with van der Waals surface area (Å²) in [6.07, 6.45) is 3.37. The molecule has 1 rings (SSSR count). The Morgan fingerprint density at radius 1 is 1.27 bits per heavy atom. The number of carbonyl (C=O) groups excluding carboxylic acids is 3. The summed E-state index contributed by atoms with van der Waals surface area (Å²) in [6, 6.07) is 7.83. The van der Waals surface area contributed by atoms with Gasteiger partial charge in [-0.3, -0.25) is 4.79 Å². The first-order valence-corrected chi connectivity index (χ1v) is 8.13. The number of hydrogen-bond donors (Lipinski definition) is 1. The van der Waals surface area contributed by atoms with Crippen LogP contribution in [0.3, 0.4) is 0 Å². The SMILES string of the molecule is CC[C@@H](C)[C@H](NC(=O)COC(=O)/C=C/c1ccc(C#N)cc1)C(=O)OC. The topological polar surface area (TPSA) is 105 Å². The molecule has 0 spiro atoms. The van der Waals surface area contributed by atoms with Crippen LogP contribution in [0, 0.1) is 17.2 Å². The Balaban J connectivity index is 2.52. The van der Waals surface area contributed by atoms with Gasteiger partial charge in [0, 0.05) is 6.08 Å². The van der Waals surface area contributed by atoms with Crippen LogP contribution in [0.2, 0.25) is 0 Å². The Labute approximate surface area is 152 Å². The smallest absolute Gasteiger partial charge is 0.331 e. The molecule has 1 aromatic rings. The number of nitriles is 1. The van der Waals surface area contributed by atoms with Crippen molar-refractivity contribution >= 4 is 23.9 Å². The summed E-state index contributed by atoms with van der Waals surface area (Å²) < 4.78 is 9.53. The molecule has 2 atom stereocenters. The van der Waals surface area contributed by atoms with Gasteiger partial charge in [-0.2, -0.15) is 5.26 Å². The van der Waals surface area contributed by atoms with Gasteiger partial charge in [-0.05, 0) is 29.7 Å². The molecule has 0 aliphatic carbocycles. The predicted molar refractivity (Wildman–Crippen MR) is 94.6 cm³/mol. The lowest BCUT2D eigenvalue weighted by Crippen LogP contribution is -2.47. The molecule has 0 aromatic heterocycles. The third-order valence-electron chi connectivity index (χ3n) is 3.78. The minimum atomic E-state index is -0.787. The first-order valence-electron chi connectivity index (χ1n) is 8.13. The van der Waals surface area contributed by atoms with Crippen LogP contribution in [0.25, 0.3) is 6.08 Å². The van der Waals surface area contributed by atoms with Gasteiger partial charge in [-0.25, -0.2) is 9.59 Å².